The Kier molecular flexibility index (Phi) is 3.17. The van der Waals surface area contributed by atoms with Gasteiger partial charge in [0.15, 0.2) is 0 Å². The standard InChI is InChI=1S/C13H15NO2/c1-9(16-2)13(15)12-8-14-7-10-5-3-4-6-11(10)12/h3-9,13,15H,1-2H3. The molecule has 1 aromatic carbocycles. The molecule has 2 rings (SSSR count). The first-order valence-electron chi connectivity index (χ1n) is 5.27. The zero-order chi connectivity index (χ0) is 11.5. The summed E-state index contributed by atoms with van der Waals surface area (Å²) in [6.45, 7) is 1.84. The van der Waals surface area contributed by atoms with Gasteiger partial charge in [-0.05, 0) is 12.3 Å². The van der Waals surface area contributed by atoms with Crippen molar-refractivity contribution in [3.8, 4) is 0 Å². The van der Waals surface area contributed by atoms with Gasteiger partial charge in [-0.3, -0.25) is 4.98 Å². The van der Waals surface area contributed by atoms with Crippen LogP contribution in [-0.4, -0.2) is 23.3 Å². The summed E-state index contributed by atoms with van der Waals surface area (Å²) >= 11 is 0. The number of aliphatic hydroxyl groups excluding tert-OH is 1. The normalized spacial score (nSPS) is 14.9. The lowest BCUT2D eigenvalue weighted by Gasteiger charge is -2.18. The number of aromatic nitrogens is 1. The Morgan fingerprint density at radius 1 is 1.25 bits per heavy atom. The number of hydrogen-bond donors (Lipinski definition) is 1. The van der Waals surface area contributed by atoms with E-state index in [2.05, 4.69) is 4.98 Å². The molecule has 2 unspecified atom stereocenters. The van der Waals surface area contributed by atoms with E-state index in [1.165, 1.54) is 0 Å². The molecule has 1 heterocycles. The van der Waals surface area contributed by atoms with Crippen LogP contribution in [0.5, 0.6) is 0 Å². The van der Waals surface area contributed by atoms with Crippen LogP contribution in [0.3, 0.4) is 0 Å². The Morgan fingerprint density at radius 2 is 2.00 bits per heavy atom. The molecule has 0 spiro atoms. The van der Waals surface area contributed by atoms with E-state index in [1.54, 1.807) is 19.5 Å². The summed E-state index contributed by atoms with van der Waals surface area (Å²) < 4.78 is 5.14. The molecule has 0 radical (unpaired) electrons. The highest BCUT2D eigenvalue weighted by Crippen LogP contribution is 2.25. The molecule has 1 aromatic heterocycles. The molecule has 2 atom stereocenters. The number of methoxy groups -OCH3 is 1. The van der Waals surface area contributed by atoms with Crippen molar-refractivity contribution in [2.24, 2.45) is 0 Å². The maximum atomic E-state index is 10.1. The molecular weight excluding hydrogens is 202 g/mol. The summed E-state index contributed by atoms with van der Waals surface area (Å²) in [5, 5.41) is 12.2. The molecule has 1 N–H and O–H groups in total. The van der Waals surface area contributed by atoms with Crippen molar-refractivity contribution in [1.82, 2.24) is 4.98 Å². The van der Waals surface area contributed by atoms with Gasteiger partial charge in [-0.25, -0.2) is 0 Å². The molecule has 0 saturated carbocycles. The summed E-state index contributed by atoms with van der Waals surface area (Å²) in [6, 6.07) is 7.88. The van der Waals surface area contributed by atoms with E-state index < -0.39 is 6.10 Å². The summed E-state index contributed by atoms with van der Waals surface area (Å²) in [5.41, 5.74) is 0.812. The van der Waals surface area contributed by atoms with Crippen LogP contribution in [0.15, 0.2) is 36.7 Å². The lowest BCUT2D eigenvalue weighted by Crippen LogP contribution is -2.17. The first-order valence-corrected chi connectivity index (χ1v) is 5.27. The fraction of sp³-hybridized carbons (Fsp3) is 0.308. The minimum absolute atomic E-state index is 0.243. The highest BCUT2D eigenvalue weighted by atomic mass is 16.5. The van der Waals surface area contributed by atoms with Crippen LogP contribution in [0.25, 0.3) is 10.8 Å². The van der Waals surface area contributed by atoms with E-state index in [9.17, 15) is 5.11 Å². The molecule has 3 heteroatoms. The lowest BCUT2D eigenvalue weighted by molar-refractivity contribution is -0.000829. The molecule has 0 saturated heterocycles. The number of aliphatic hydroxyl groups is 1. The van der Waals surface area contributed by atoms with E-state index in [-0.39, 0.29) is 6.10 Å². The van der Waals surface area contributed by atoms with Crippen molar-refractivity contribution in [2.75, 3.05) is 7.11 Å². The Labute approximate surface area is 94.7 Å². The summed E-state index contributed by atoms with van der Waals surface area (Å²) in [5.74, 6) is 0. The maximum absolute atomic E-state index is 10.1. The third-order valence-corrected chi connectivity index (χ3v) is 2.83. The van der Waals surface area contributed by atoms with Crippen molar-refractivity contribution in [1.29, 1.82) is 0 Å². The predicted molar refractivity (Wildman–Crippen MR) is 63.2 cm³/mol. The van der Waals surface area contributed by atoms with Gasteiger partial charge in [0.25, 0.3) is 0 Å². The van der Waals surface area contributed by atoms with Crippen LogP contribution < -0.4 is 0 Å². The molecular formula is C13H15NO2. The molecule has 0 fully saturated rings. The Bertz CT molecular complexity index is 479. The van der Waals surface area contributed by atoms with Crippen molar-refractivity contribution in [3.63, 3.8) is 0 Å². The first kappa shape index (κ1) is 11.0. The van der Waals surface area contributed by atoms with E-state index in [1.807, 2.05) is 31.2 Å². The molecule has 2 aromatic rings. The average molecular weight is 217 g/mol. The monoisotopic (exact) mass is 217 g/mol. The van der Waals surface area contributed by atoms with Gasteiger partial charge in [0, 0.05) is 30.5 Å². The average Bonchev–Trinajstić information content (AvgIpc) is 2.36. The summed E-state index contributed by atoms with van der Waals surface area (Å²) in [7, 11) is 1.59. The van der Waals surface area contributed by atoms with Gasteiger partial charge in [-0.1, -0.05) is 24.3 Å². The SMILES string of the molecule is COC(C)C(O)c1cncc2ccccc12. The number of hydrogen-bond acceptors (Lipinski definition) is 3. The maximum Gasteiger partial charge on any atom is 0.107 e. The van der Waals surface area contributed by atoms with Crippen LogP contribution in [0.1, 0.15) is 18.6 Å². The van der Waals surface area contributed by atoms with E-state index in [0.29, 0.717) is 0 Å². The van der Waals surface area contributed by atoms with Crippen molar-refractivity contribution in [3.05, 3.63) is 42.2 Å². The number of benzene rings is 1. The second-order valence-electron chi connectivity index (χ2n) is 3.84. The molecule has 16 heavy (non-hydrogen) atoms. The van der Waals surface area contributed by atoms with E-state index in [0.717, 1.165) is 16.3 Å². The fourth-order valence-corrected chi connectivity index (χ4v) is 1.76. The van der Waals surface area contributed by atoms with Crippen LogP contribution >= 0.6 is 0 Å². The van der Waals surface area contributed by atoms with E-state index in [4.69, 9.17) is 4.74 Å². The summed E-state index contributed by atoms with van der Waals surface area (Å²) in [4.78, 5) is 4.14. The second kappa shape index (κ2) is 4.60. The van der Waals surface area contributed by atoms with Crippen molar-refractivity contribution < 1.29 is 9.84 Å². The molecule has 0 aliphatic heterocycles. The van der Waals surface area contributed by atoms with Crippen LogP contribution in [0, 0.1) is 0 Å². The summed E-state index contributed by atoms with van der Waals surface area (Å²) in [6.07, 6.45) is 2.60. The first-order chi connectivity index (χ1) is 7.74. The van der Waals surface area contributed by atoms with Crippen LogP contribution in [-0.2, 0) is 4.74 Å². The highest BCUT2D eigenvalue weighted by molar-refractivity contribution is 5.84. The van der Waals surface area contributed by atoms with Gasteiger partial charge in [-0.2, -0.15) is 0 Å². The minimum Gasteiger partial charge on any atom is -0.386 e. The number of nitrogens with zero attached hydrogens (tertiary/aromatic N) is 1. The zero-order valence-electron chi connectivity index (χ0n) is 9.42. The van der Waals surface area contributed by atoms with E-state index >= 15 is 0 Å². The number of rotatable bonds is 3. The van der Waals surface area contributed by atoms with Gasteiger partial charge in [-0.15, -0.1) is 0 Å². The van der Waals surface area contributed by atoms with Gasteiger partial charge >= 0.3 is 0 Å². The third kappa shape index (κ3) is 1.92. The molecule has 0 amide bonds. The van der Waals surface area contributed by atoms with Gasteiger partial charge < -0.3 is 9.84 Å². The zero-order valence-corrected chi connectivity index (χ0v) is 9.42. The number of ether oxygens (including phenoxy) is 1. The molecule has 0 aliphatic carbocycles. The quantitative estimate of drug-likeness (QED) is 0.857. The minimum atomic E-state index is -0.649. The largest absolute Gasteiger partial charge is 0.386 e. The van der Waals surface area contributed by atoms with Crippen LogP contribution in [0.2, 0.25) is 0 Å². The lowest BCUT2D eigenvalue weighted by atomic mass is 10.0. The Morgan fingerprint density at radius 3 is 2.75 bits per heavy atom. The second-order valence-corrected chi connectivity index (χ2v) is 3.84. The van der Waals surface area contributed by atoms with Gasteiger partial charge in [0.05, 0.1) is 6.10 Å². The van der Waals surface area contributed by atoms with Gasteiger partial charge in [0.2, 0.25) is 0 Å². The smallest absolute Gasteiger partial charge is 0.107 e. The highest BCUT2D eigenvalue weighted by Gasteiger charge is 2.18. The topological polar surface area (TPSA) is 42.4 Å². The fourth-order valence-electron chi connectivity index (χ4n) is 1.76. The van der Waals surface area contributed by atoms with Crippen molar-refractivity contribution >= 4 is 10.8 Å². The van der Waals surface area contributed by atoms with Crippen molar-refractivity contribution in [2.45, 2.75) is 19.1 Å². The number of pyridine rings is 1. The Hall–Kier alpha value is -1.45. The van der Waals surface area contributed by atoms with Crippen LogP contribution in [0.4, 0.5) is 0 Å². The third-order valence-electron chi connectivity index (χ3n) is 2.83. The molecule has 0 bridgehead atoms. The Balaban J connectivity index is 2.52. The molecule has 3 nitrogen and oxygen atoms in total. The van der Waals surface area contributed by atoms with Gasteiger partial charge in [0.1, 0.15) is 6.10 Å². The molecule has 0 aliphatic rings. The molecule has 84 valence electrons. The number of fused-ring (bicyclic) bond motifs is 1. The predicted octanol–water partition coefficient (Wildman–Crippen LogP) is 2.30.